The number of alkyl halides is 4. The highest BCUT2D eigenvalue weighted by Gasteiger charge is 2.49. The highest BCUT2D eigenvalue weighted by atomic mass is 19.4. The van der Waals surface area contributed by atoms with Gasteiger partial charge < -0.3 is 15.0 Å². The lowest BCUT2D eigenvalue weighted by molar-refractivity contribution is -0.137. The van der Waals surface area contributed by atoms with E-state index in [0.717, 1.165) is 44.5 Å². The number of fused-ring (bicyclic) bond motifs is 5. The van der Waals surface area contributed by atoms with Crippen molar-refractivity contribution in [2.24, 2.45) is 0 Å². The first-order valence-corrected chi connectivity index (χ1v) is 15.3. The maximum Gasteiger partial charge on any atom is 0.417 e. The first-order chi connectivity index (χ1) is 21.5. The van der Waals surface area contributed by atoms with Crippen LogP contribution in [0.4, 0.5) is 32.2 Å². The van der Waals surface area contributed by atoms with E-state index in [9.17, 15) is 17.6 Å². The first kappa shape index (κ1) is 28.8. The molecule has 6 heterocycles. The Morgan fingerprint density at radius 1 is 1.04 bits per heavy atom. The van der Waals surface area contributed by atoms with Gasteiger partial charge in [0.15, 0.2) is 5.82 Å². The molecule has 2 unspecified atom stereocenters. The number of halogens is 6. The summed E-state index contributed by atoms with van der Waals surface area (Å²) in [5.41, 5.74) is -3.53. The molecular formula is C31H31F6N7O. The summed E-state index contributed by atoms with van der Waals surface area (Å²) in [5.74, 6) is -2.17. The van der Waals surface area contributed by atoms with Crippen LogP contribution >= 0.6 is 0 Å². The molecule has 4 atom stereocenters. The van der Waals surface area contributed by atoms with Crippen LogP contribution in [0.2, 0.25) is 0 Å². The Bertz CT molecular complexity index is 1820. The van der Waals surface area contributed by atoms with Crippen LogP contribution in [0.15, 0.2) is 18.3 Å². The van der Waals surface area contributed by atoms with Gasteiger partial charge in [0.1, 0.15) is 29.9 Å². The third-order valence-corrected chi connectivity index (χ3v) is 10.1. The normalized spacial score (nSPS) is 26.8. The number of nitrogens with zero attached hydrogens (tertiary/aromatic N) is 5. The molecule has 0 amide bonds. The molecule has 4 fully saturated rings. The van der Waals surface area contributed by atoms with Gasteiger partial charge in [-0.05, 0) is 56.8 Å². The molecule has 8 nitrogen and oxygen atoms in total. The molecule has 4 aliphatic heterocycles. The Morgan fingerprint density at radius 2 is 1.82 bits per heavy atom. The van der Waals surface area contributed by atoms with Gasteiger partial charge in [0.2, 0.25) is 0 Å². The molecule has 0 radical (unpaired) electrons. The number of aromatic amines is 1. The van der Waals surface area contributed by atoms with Gasteiger partial charge in [-0.1, -0.05) is 0 Å². The van der Waals surface area contributed by atoms with Crippen molar-refractivity contribution in [3.05, 3.63) is 41.1 Å². The molecule has 238 valence electrons. The Balaban J connectivity index is 1.31. The summed E-state index contributed by atoms with van der Waals surface area (Å²) in [7, 11) is 0. The number of nitrogens with one attached hydrogen (secondary N) is 2. The maximum absolute atomic E-state index is 16.8. The SMILES string of the molecule is Cc1cc2[nH]ncc2c(-c2c(F)cc3c(N4CC5CCC(C4)N5)nc(OC[C@@]45CCCN4C[C@H](F)C5)nc3c2F)c1C(F)(F)F. The summed E-state index contributed by atoms with van der Waals surface area (Å²) in [5, 5.41) is 9.95. The van der Waals surface area contributed by atoms with E-state index in [0.29, 0.717) is 26.1 Å². The Kier molecular flexibility index (Phi) is 6.51. The molecule has 2 aromatic heterocycles. The standard InChI is InChI=1S/C31H31F6N7O/c1-15-7-22-20(10-38-42-22)23(25(15)31(35,36)37)24-21(33)8-19-27(26(24)34)40-29(41-28(19)43-12-17-3-4-18(13-43)39-17)45-14-30-5-2-6-44(30)11-16(32)9-30/h7-8,10,16-18,39H,2-6,9,11-14H2,1H3,(H,38,42)/t16-,17?,18?,30+/m1/s1. The van der Waals surface area contributed by atoms with E-state index in [2.05, 4.69) is 30.4 Å². The van der Waals surface area contributed by atoms with Crippen molar-refractivity contribution in [2.75, 3.05) is 37.7 Å². The number of anilines is 1. The summed E-state index contributed by atoms with van der Waals surface area (Å²) in [6.07, 6.45) is -0.967. The summed E-state index contributed by atoms with van der Waals surface area (Å²) in [6.45, 7) is 3.43. The van der Waals surface area contributed by atoms with Crippen molar-refractivity contribution in [1.29, 1.82) is 0 Å². The zero-order valence-corrected chi connectivity index (χ0v) is 24.4. The minimum atomic E-state index is -4.91. The predicted octanol–water partition coefficient (Wildman–Crippen LogP) is 5.67. The van der Waals surface area contributed by atoms with Gasteiger partial charge >= 0.3 is 12.2 Å². The maximum atomic E-state index is 16.8. The van der Waals surface area contributed by atoms with Crippen molar-refractivity contribution in [2.45, 2.75) is 69.0 Å². The van der Waals surface area contributed by atoms with E-state index in [1.54, 1.807) is 0 Å². The van der Waals surface area contributed by atoms with Crippen molar-refractivity contribution in [1.82, 2.24) is 30.4 Å². The summed E-state index contributed by atoms with van der Waals surface area (Å²) >= 11 is 0. The van der Waals surface area contributed by atoms with Gasteiger partial charge in [-0.15, -0.1) is 0 Å². The molecular weight excluding hydrogens is 600 g/mol. The van der Waals surface area contributed by atoms with Crippen LogP contribution in [0.25, 0.3) is 32.9 Å². The van der Waals surface area contributed by atoms with E-state index >= 15 is 8.78 Å². The lowest BCUT2D eigenvalue weighted by Crippen LogP contribution is -2.51. The van der Waals surface area contributed by atoms with Gasteiger partial charge in [0.25, 0.3) is 0 Å². The van der Waals surface area contributed by atoms with Crippen molar-refractivity contribution in [3.63, 3.8) is 0 Å². The molecule has 4 aromatic rings. The van der Waals surface area contributed by atoms with Crippen LogP contribution in [-0.2, 0) is 6.18 Å². The lowest BCUT2D eigenvalue weighted by atomic mass is 9.91. The second-order valence-corrected chi connectivity index (χ2v) is 13.0. The monoisotopic (exact) mass is 631 g/mol. The highest BCUT2D eigenvalue weighted by Crippen LogP contribution is 2.47. The second kappa shape index (κ2) is 10.2. The zero-order valence-electron chi connectivity index (χ0n) is 24.4. The van der Waals surface area contributed by atoms with Crippen molar-refractivity contribution in [3.8, 4) is 17.1 Å². The van der Waals surface area contributed by atoms with Gasteiger partial charge in [0, 0.05) is 54.5 Å². The van der Waals surface area contributed by atoms with E-state index in [1.807, 2.05) is 4.90 Å². The summed E-state index contributed by atoms with van der Waals surface area (Å²) in [4.78, 5) is 13.0. The Morgan fingerprint density at radius 3 is 2.58 bits per heavy atom. The molecule has 2 bridgehead atoms. The van der Waals surface area contributed by atoms with Gasteiger partial charge in [-0.25, -0.2) is 13.2 Å². The number of benzene rings is 2. The summed E-state index contributed by atoms with van der Waals surface area (Å²) < 4.78 is 96.9. The van der Waals surface area contributed by atoms with Gasteiger partial charge in [-0.3, -0.25) is 10.00 Å². The Hall–Kier alpha value is -3.65. The number of aryl methyl sites for hydroxylation is 1. The molecule has 45 heavy (non-hydrogen) atoms. The molecule has 0 aliphatic carbocycles. The molecule has 4 saturated heterocycles. The van der Waals surface area contributed by atoms with Crippen LogP contribution in [0.5, 0.6) is 6.01 Å². The average molecular weight is 632 g/mol. The zero-order chi connectivity index (χ0) is 31.2. The number of piperazine rings is 1. The minimum absolute atomic E-state index is 0.0393. The topological polar surface area (TPSA) is 82.2 Å². The fourth-order valence-corrected chi connectivity index (χ4v) is 8.16. The molecule has 4 aliphatic rings. The van der Waals surface area contributed by atoms with Crippen LogP contribution in [0, 0.1) is 18.6 Å². The molecule has 8 rings (SSSR count). The fraction of sp³-hybridized carbons (Fsp3) is 0.516. The first-order valence-electron chi connectivity index (χ1n) is 15.3. The second-order valence-electron chi connectivity index (χ2n) is 13.0. The number of aromatic nitrogens is 4. The molecule has 2 aromatic carbocycles. The number of rotatable bonds is 5. The number of ether oxygens (including phenoxy) is 1. The van der Waals surface area contributed by atoms with E-state index < -0.39 is 46.2 Å². The third-order valence-electron chi connectivity index (χ3n) is 10.1. The third kappa shape index (κ3) is 4.62. The molecule has 0 saturated carbocycles. The van der Waals surface area contributed by atoms with Gasteiger partial charge in [-0.2, -0.15) is 28.2 Å². The van der Waals surface area contributed by atoms with E-state index in [-0.39, 0.29) is 57.9 Å². The highest BCUT2D eigenvalue weighted by molar-refractivity contribution is 6.01. The Labute approximate surface area is 254 Å². The number of hydrogen-bond donors (Lipinski definition) is 2. The summed E-state index contributed by atoms with van der Waals surface area (Å²) in [6, 6.07) is 2.42. The molecule has 14 heteroatoms. The smallest absolute Gasteiger partial charge is 0.417 e. The number of H-pyrrole nitrogens is 1. The van der Waals surface area contributed by atoms with E-state index in [4.69, 9.17) is 4.74 Å². The average Bonchev–Trinajstić information content (AvgIpc) is 3.74. The minimum Gasteiger partial charge on any atom is -0.461 e. The van der Waals surface area contributed by atoms with Gasteiger partial charge in [0.05, 0.1) is 28.4 Å². The molecule has 2 N–H and O–H groups in total. The molecule has 0 spiro atoms. The van der Waals surface area contributed by atoms with Crippen LogP contribution in [0.3, 0.4) is 0 Å². The fourth-order valence-electron chi connectivity index (χ4n) is 8.16. The number of hydrogen-bond acceptors (Lipinski definition) is 7. The van der Waals surface area contributed by atoms with Crippen LogP contribution in [-0.4, -0.2) is 81.6 Å². The lowest BCUT2D eigenvalue weighted by Gasteiger charge is -2.34. The van der Waals surface area contributed by atoms with Crippen molar-refractivity contribution >= 4 is 27.6 Å². The van der Waals surface area contributed by atoms with Crippen LogP contribution < -0.4 is 15.0 Å². The largest absolute Gasteiger partial charge is 0.461 e. The van der Waals surface area contributed by atoms with E-state index in [1.165, 1.54) is 13.0 Å². The van der Waals surface area contributed by atoms with Crippen LogP contribution in [0.1, 0.15) is 43.2 Å². The quantitative estimate of drug-likeness (QED) is 0.275. The van der Waals surface area contributed by atoms with Crippen molar-refractivity contribution < 1.29 is 31.1 Å². The predicted molar refractivity (Wildman–Crippen MR) is 155 cm³/mol.